The van der Waals surface area contributed by atoms with E-state index < -0.39 is 0 Å². The van der Waals surface area contributed by atoms with Crippen LogP contribution in [0.25, 0.3) is 0 Å². The van der Waals surface area contributed by atoms with Gasteiger partial charge in [0.25, 0.3) is 0 Å². The molecule has 0 spiro atoms. The summed E-state index contributed by atoms with van der Waals surface area (Å²) in [5.74, 6) is 0. The van der Waals surface area contributed by atoms with Crippen LogP contribution in [-0.2, 0) is 0 Å². The Labute approximate surface area is 75.4 Å². The number of likely N-dealkylation sites (N-methyl/N-ethyl adjacent to an activating group) is 1. The van der Waals surface area contributed by atoms with E-state index in [0.717, 1.165) is 11.3 Å². The van der Waals surface area contributed by atoms with Gasteiger partial charge in [0.2, 0.25) is 0 Å². The highest BCUT2D eigenvalue weighted by Gasteiger charge is 1.98. The molecule has 0 amide bonds. The number of rotatable bonds is 4. The zero-order valence-electron chi connectivity index (χ0n) is 8.17. The van der Waals surface area contributed by atoms with Gasteiger partial charge in [-0.05, 0) is 18.6 Å². The van der Waals surface area contributed by atoms with E-state index in [1.165, 1.54) is 0 Å². The van der Waals surface area contributed by atoms with Crippen molar-refractivity contribution in [1.82, 2.24) is 4.90 Å². The van der Waals surface area contributed by atoms with Crippen molar-refractivity contribution in [2.24, 2.45) is 0 Å². The topological polar surface area (TPSA) is 3.24 Å². The van der Waals surface area contributed by atoms with Gasteiger partial charge < -0.3 is 4.90 Å². The summed E-state index contributed by atoms with van der Waals surface area (Å²) >= 11 is 0. The maximum atomic E-state index is 3.89. The quantitative estimate of drug-likeness (QED) is 0.576. The molecule has 0 radical (unpaired) electrons. The first-order chi connectivity index (χ1) is 5.63. The molecule has 0 aliphatic carbocycles. The molecule has 1 heteroatoms. The molecule has 66 valence electrons. The minimum Gasteiger partial charge on any atom is -0.377 e. The van der Waals surface area contributed by atoms with Gasteiger partial charge in [0.1, 0.15) is 0 Å². The predicted molar refractivity (Wildman–Crippen MR) is 55.9 cm³/mol. The van der Waals surface area contributed by atoms with Crippen molar-refractivity contribution in [3.05, 3.63) is 48.7 Å². The van der Waals surface area contributed by atoms with Crippen LogP contribution in [0.5, 0.6) is 0 Å². The van der Waals surface area contributed by atoms with E-state index in [1.807, 2.05) is 44.1 Å². The third-order valence-electron chi connectivity index (χ3n) is 1.50. The van der Waals surface area contributed by atoms with Crippen molar-refractivity contribution in [3.63, 3.8) is 0 Å². The molecule has 0 aliphatic heterocycles. The Balaban J connectivity index is 4.65. The lowest BCUT2D eigenvalue weighted by atomic mass is 10.2. The summed E-state index contributed by atoms with van der Waals surface area (Å²) in [4.78, 5) is 2.02. The number of hydrogen-bond acceptors (Lipinski definition) is 1. The number of allylic oxidation sites excluding steroid dienone is 4. The van der Waals surface area contributed by atoms with E-state index in [9.17, 15) is 0 Å². The molecular formula is C11H17N. The fraction of sp³-hybridized carbons (Fsp3) is 0.273. The van der Waals surface area contributed by atoms with E-state index in [-0.39, 0.29) is 0 Å². The second kappa shape index (κ2) is 5.42. The third-order valence-corrected chi connectivity index (χ3v) is 1.50. The molecule has 0 rings (SSSR count). The molecule has 0 aliphatic rings. The van der Waals surface area contributed by atoms with Crippen molar-refractivity contribution in [2.45, 2.75) is 6.92 Å². The summed E-state index contributed by atoms with van der Waals surface area (Å²) in [6, 6.07) is 0. The van der Waals surface area contributed by atoms with Crippen molar-refractivity contribution in [2.75, 3.05) is 14.1 Å². The maximum Gasteiger partial charge on any atom is 0.0428 e. The largest absolute Gasteiger partial charge is 0.377 e. The highest BCUT2D eigenvalue weighted by molar-refractivity contribution is 5.36. The normalized spacial score (nSPS) is 11.8. The molecule has 0 saturated carbocycles. The van der Waals surface area contributed by atoms with Crippen LogP contribution in [0.4, 0.5) is 0 Å². The first-order valence-corrected chi connectivity index (χ1v) is 3.95. The first-order valence-electron chi connectivity index (χ1n) is 3.95. The lowest BCUT2D eigenvalue weighted by Crippen LogP contribution is -2.11. The molecule has 1 nitrogen and oxygen atoms in total. The predicted octanol–water partition coefficient (Wildman–Crippen LogP) is 2.75. The molecule has 0 saturated heterocycles. The highest BCUT2D eigenvalue weighted by Crippen LogP contribution is 2.10. The van der Waals surface area contributed by atoms with E-state index in [0.29, 0.717) is 0 Å². The first kappa shape index (κ1) is 10.8. The summed E-state index contributed by atoms with van der Waals surface area (Å²) in [5, 5.41) is 0. The Hall–Kier alpha value is -1.24. The van der Waals surface area contributed by atoms with Crippen molar-refractivity contribution < 1.29 is 0 Å². The van der Waals surface area contributed by atoms with Crippen LogP contribution in [0.3, 0.4) is 0 Å². The number of hydrogen-bond donors (Lipinski definition) is 0. The van der Waals surface area contributed by atoms with Crippen molar-refractivity contribution in [3.8, 4) is 0 Å². The van der Waals surface area contributed by atoms with Crippen molar-refractivity contribution in [1.29, 1.82) is 0 Å². The molecule has 0 aromatic heterocycles. The van der Waals surface area contributed by atoms with Gasteiger partial charge in [-0.1, -0.05) is 31.4 Å². The van der Waals surface area contributed by atoms with Gasteiger partial charge in [-0.2, -0.15) is 0 Å². The Bertz CT molecular complexity index is 219. The van der Waals surface area contributed by atoms with Gasteiger partial charge in [-0.15, -0.1) is 0 Å². The average molecular weight is 163 g/mol. The molecule has 0 heterocycles. The van der Waals surface area contributed by atoms with E-state index >= 15 is 0 Å². The van der Waals surface area contributed by atoms with E-state index in [2.05, 4.69) is 13.2 Å². The summed E-state index contributed by atoms with van der Waals surface area (Å²) in [6.07, 6.45) is 7.75. The molecule has 0 bridgehead atoms. The Morgan fingerprint density at radius 2 is 1.92 bits per heavy atom. The summed E-state index contributed by atoms with van der Waals surface area (Å²) in [5.41, 5.74) is 2.03. The van der Waals surface area contributed by atoms with Crippen LogP contribution in [0, 0.1) is 0 Å². The van der Waals surface area contributed by atoms with Crippen LogP contribution >= 0.6 is 0 Å². The standard InChI is InChI=1S/C11H17N/c1-6-8-9-11(12(4)5)10(3)7-2/h6-9H,2-3H2,1,4-5H3/b8-6-,11-9+. The minimum atomic E-state index is 0.943. The van der Waals surface area contributed by atoms with Gasteiger partial charge in [-0.25, -0.2) is 0 Å². The van der Waals surface area contributed by atoms with Crippen LogP contribution in [0.2, 0.25) is 0 Å². The van der Waals surface area contributed by atoms with Gasteiger partial charge in [0.05, 0.1) is 0 Å². The molecule has 0 aromatic carbocycles. The summed E-state index contributed by atoms with van der Waals surface area (Å²) in [6.45, 7) is 9.55. The SMILES string of the molecule is C=CC(=C)/C(=C\C=C/C)N(C)C. The summed E-state index contributed by atoms with van der Waals surface area (Å²) in [7, 11) is 3.98. The fourth-order valence-corrected chi connectivity index (χ4v) is 0.835. The Morgan fingerprint density at radius 1 is 1.33 bits per heavy atom. The van der Waals surface area contributed by atoms with E-state index in [1.54, 1.807) is 6.08 Å². The third kappa shape index (κ3) is 3.24. The van der Waals surface area contributed by atoms with Gasteiger partial charge in [-0.3, -0.25) is 0 Å². The molecule has 12 heavy (non-hydrogen) atoms. The smallest absolute Gasteiger partial charge is 0.0428 e. The van der Waals surface area contributed by atoms with Gasteiger partial charge in [0, 0.05) is 19.8 Å². The molecule has 0 fully saturated rings. The van der Waals surface area contributed by atoms with Crippen LogP contribution in [0.1, 0.15) is 6.92 Å². The van der Waals surface area contributed by atoms with Crippen LogP contribution < -0.4 is 0 Å². The molecule has 0 atom stereocenters. The molecule has 0 N–H and O–H groups in total. The van der Waals surface area contributed by atoms with Gasteiger partial charge in [0.15, 0.2) is 0 Å². The Morgan fingerprint density at radius 3 is 2.25 bits per heavy atom. The second-order valence-electron chi connectivity index (χ2n) is 2.70. The van der Waals surface area contributed by atoms with Gasteiger partial charge >= 0.3 is 0 Å². The van der Waals surface area contributed by atoms with Crippen LogP contribution in [0.15, 0.2) is 48.7 Å². The summed E-state index contributed by atoms with van der Waals surface area (Å²) < 4.78 is 0. The van der Waals surface area contributed by atoms with Crippen LogP contribution in [-0.4, -0.2) is 19.0 Å². The molecule has 0 unspecified atom stereocenters. The fourth-order valence-electron chi connectivity index (χ4n) is 0.835. The lowest BCUT2D eigenvalue weighted by Gasteiger charge is -2.16. The number of nitrogens with zero attached hydrogens (tertiary/aromatic N) is 1. The second-order valence-corrected chi connectivity index (χ2v) is 2.70. The Kier molecular flexibility index (Phi) is 4.86. The van der Waals surface area contributed by atoms with E-state index in [4.69, 9.17) is 0 Å². The zero-order valence-corrected chi connectivity index (χ0v) is 8.17. The molecule has 0 aromatic rings. The molecular weight excluding hydrogens is 146 g/mol. The highest BCUT2D eigenvalue weighted by atomic mass is 15.1. The minimum absolute atomic E-state index is 0.943. The van der Waals surface area contributed by atoms with Crippen molar-refractivity contribution >= 4 is 0 Å². The lowest BCUT2D eigenvalue weighted by molar-refractivity contribution is 0.525. The monoisotopic (exact) mass is 163 g/mol. The maximum absolute atomic E-state index is 3.89. The zero-order chi connectivity index (χ0) is 9.56. The average Bonchev–Trinajstić information content (AvgIpc) is 2.04.